The van der Waals surface area contributed by atoms with Gasteiger partial charge < -0.3 is 0 Å². The molecule has 2 heteroatoms. The van der Waals surface area contributed by atoms with Gasteiger partial charge in [-0.1, -0.05) is 170 Å². The van der Waals surface area contributed by atoms with Gasteiger partial charge in [-0.3, -0.25) is 0 Å². The molecular weight excluding hydrogens is 566 g/mol. The van der Waals surface area contributed by atoms with Gasteiger partial charge in [0.15, 0.2) is 0 Å². The van der Waals surface area contributed by atoms with Crippen molar-refractivity contribution in [1.29, 1.82) is 0 Å². The fourth-order valence-electron chi connectivity index (χ4n) is 8.73. The number of fused-ring (bicyclic) bond motifs is 1. The monoisotopic (exact) mass is 602 g/mol. The Bertz CT molecular complexity index is 1630. The molecule has 2 bridgehead atoms. The molecule has 0 saturated carbocycles. The zero-order valence-corrected chi connectivity index (χ0v) is 26.9. The highest BCUT2D eigenvalue weighted by Crippen LogP contribution is 2.71. The molecule has 0 nitrogen and oxygen atoms in total. The maximum atomic E-state index is 3.47. The minimum Gasteiger partial charge on any atom is -0.121 e. The smallest absolute Gasteiger partial charge is 0.0384 e. The molecular formula is C42H36P2. The molecule has 4 atom stereocenters. The number of hydrogen-bond donors (Lipinski definition) is 0. The van der Waals surface area contributed by atoms with Gasteiger partial charge in [-0.25, -0.2) is 0 Å². The summed E-state index contributed by atoms with van der Waals surface area (Å²) in [4.78, 5) is 0. The van der Waals surface area contributed by atoms with Crippen LogP contribution in [-0.4, -0.2) is 0 Å². The molecule has 0 saturated heterocycles. The lowest BCUT2D eigenvalue weighted by molar-refractivity contribution is 0.159. The van der Waals surface area contributed by atoms with E-state index in [2.05, 4.69) is 188 Å². The second-order valence-corrected chi connectivity index (χ2v) is 14.3. The van der Waals surface area contributed by atoms with Crippen molar-refractivity contribution in [1.82, 2.24) is 0 Å². The average Bonchev–Trinajstić information content (AvgIpc) is 3.12. The van der Waals surface area contributed by atoms with E-state index in [1.165, 1.54) is 44.5 Å². The van der Waals surface area contributed by atoms with Crippen molar-refractivity contribution in [3.05, 3.63) is 214 Å². The summed E-state index contributed by atoms with van der Waals surface area (Å²) in [5, 5.41) is -0.717. The molecule has 214 valence electrons. The summed E-state index contributed by atoms with van der Waals surface area (Å²) in [6, 6.07) is 63.5. The van der Waals surface area contributed by atoms with Crippen molar-refractivity contribution in [2.75, 3.05) is 0 Å². The van der Waals surface area contributed by atoms with Gasteiger partial charge in [0, 0.05) is 22.1 Å². The second kappa shape index (κ2) is 11.0. The van der Waals surface area contributed by atoms with Gasteiger partial charge in [0.05, 0.1) is 0 Å². The Kier molecular flexibility index (Phi) is 6.90. The lowest BCUT2D eigenvalue weighted by atomic mass is 9.46. The Morgan fingerprint density at radius 1 is 0.295 bits per heavy atom. The van der Waals surface area contributed by atoms with Crippen LogP contribution in [0.4, 0.5) is 0 Å². The number of hydrogen-bond acceptors (Lipinski definition) is 0. The molecule has 4 unspecified atom stereocenters. The number of benzene rings is 6. The van der Waals surface area contributed by atoms with Crippen molar-refractivity contribution >= 4 is 18.5 Å². The Morgan fingerprint density at radius 2 is 0.500 bits per heavy atom. The highest BCUT2D eigenvalue weighted by atomic mass is 31.0. The molecule has 0 aromatic heterocycles. The predicted octanol–water partition coefficient (Wildman–Crippen LogP) is 10.1. The molecule has 0 N–H and O–H groups in total. The van der Waals surface area contributed by atoms with Crippen LogP contribution in [0.1, 0.15) is 56.3 Å². The largest absolute Gasteiger partial charge is 0.121 e. The summed E-state index contributed by atoms with van der Waals surface area (Å²) in [5.74, 6) is 0.848. The van der Waals surface area contributed by atoms with Gasteiger partial charge >= 0.3 is 0 Å². The third-order valence-electron chi connectivity index (χ3n) is 10.5. The van der Waals surface area contributed by atoms with E-state index in [9.17, 15) is 0 Å². The van der Waals surface area contributed by atoms with Crippen molar-refractivity contribution < 1.29 is 0 Å². The SMILES string of the molecule is PC(c1ccccc1)(c1ccccc1)C1C2c3ccccc3C(c3ccccc32)C1C(P)(c1ccccc1)c1ccccc1. The standard InChI is InChI=1S/C42H36P2/c43-41(29-17-5-1-6-18-29,30-19-7-2-8-20-30)39-37-33-25-13-15-27-35(33)38(36-28-16-14-26-34(36)37)40(39)42(44,31-21-9-3-10-22-31)32-23-11-4-12-24-32/h1-28,37-40H,43-44H2. The van der Waals surface area contributed by atoms with E-state index in [1.807, 2.05) is 0 Å². The minimum absolute atomic E-state index is 0.211. The molecule has 6 aromatic carbocycles. The van der Waals surface area contributed by atoms with Crippen molar-refractivity contribution in [2.24, 2.45) is 11.8 Å². The van der Waals surface area contributed by atoms with Crippen molar-refractivity contribution in [3.63, 3.8) is 0 Å². The summed E-state index contributed by atoms with van der Waals surface area (Å²) < 4.78 is 0. The fraction of sp³-hybridized carbons (Fsp3) is 0.143. The van der Waals surface area contributed by atoms with Crippen molar-refractivity contribution in [3.8, 4) is 0 Å². The van der Waals surface area contributed by atoms with Crippen LogP contribution < -0.4 is 0 Å². The van der Waals surface area contributed by atoms with Gasteiger partial charge in [-0.05, 0) is 56.3 Å². The molecule has 6 aromatic rings. The first-order valence-electron chi connectivity index (χ1n) is 15.6. The van der Waals surface area contributed by atoms with E-state index < -0.39 is 0 Å². The lowest BCUT2D eigenvalue weighted by Gasteiger charge is -2.61. The van der Waals surface area contributed by atoms with Gasteiger partial charge in [0.1, 0.15) is 0 Å². The molecule has 0 spiro atoms. The van der Waals surface area contributed by atoms with Crippen LogP contribution in [0, 0.1) is 11.8 Å². The summed E-state index contributed by atoms with van der Waals surface area (Å²) in [7, 11) is 6.93. The summed E-state index contributed by atoms with van der Waals surface area (Å²) in [6.45, 7) is 0. The van der Waals surface area contributed by atoms with E-state index in [-0.39, 0.29) is 34.0 Å². The number of rotatable bonds is 6. The summed E-state index contributed by atoms with van der Waals surface area (Å²) in [6.07, 6.45) is 0. The first kappa shape index (κ1) is 27.7. The molecule has 0 fully saturated rings. The molecule has 0 radical (unpaired) electrons. The Hall–Kier alpha value is -3.82. The molecule has 0 aliphatic heterocycles. The summed E-state index contributed by atoms with van der Waals surface area (Å²) in [5.41, 5.74) is 11.2. The molecule has 0 heterocycles. The molecule has 44 heavy (non-hydrogen) atoms. The molecule has 3 aliphatic rings. The van der Waals surface area contributed by atoms with E-state index in [0.717, 1.165) is 0 Å². The third-order valence-corrected chi connectivity index (χ3v) is 12.6. The Balaban J connectivity index is 1.53. The molecule has 3 aliphatic carbocycles. The van der Waals surface area contributed by atoms with Gasteiger partial charge in [-0.2, -0.15) is 0 Å². The van der Waals surface area contributed by atoms with E-state index in [0.29, 0.717) is 0 Å². The fourth-order valence-corrected chi connectivity index (χ4v) is 10.3. The van der Waals surface area contributed by atoms with Crippen LogP contribution in [0.25, 0.3) is 0 Å². The normalized spacial score (nSPS) is 20.5. The first-order valence-corrected chi connectivity index (χ1v) is 16.8. The minimum atomic E-state index is -0.359. The van der Waals surface area contributed by atoms with Gasteiger partial charge in [0.2, 0.25) is 0 Å². The van der Waals surface area contributed by atoms with E-state index in [4.69, 9.17) is 0 Å². The highest BCUT2D eigenvalue weighted by molar-refractivity contribution is 7.19. The highest BCUT2D eigenvalue weighted by Gasteiger charge is 2.62. The summed E-state index contributed by atoms with van der Waals surface area (Å²) >= 11 is 0. The zero-order valence-electron chi connectivity index (χ0n) is 24.6. The Morgan fingerprint density at radius 3 is 0.727 bits per heavy atom. The van der Waals surface area contributed by atoms with E-state index >= 15 is 0 Å². The van der Waals surface area contributed by atoms with Crippen LogP contribution in [0.15, 0.2) is 170 Å². The average molecular weight is 603 g/mol. The molecule has 0 amide bonds. The quantitative estimate of drug-likeness (QED) is 0.167. The van der Waals surface area contributed by atoms with Gasteiger partial charge in [0.25, 0.3) is 0 Å². The Labute approximate surface area is 266 Å². The van der Waals surface area contributed by atoms with Crippen LogP contribution >= 0.6 is 18.5 Å². The third kappa shape index (κ3) is 4.05. The zero-order chi connectivity index (χ0) is 29.7. The van der Waals surface area contributed by atoms with Gasteiger partial charge in [-0.15, -0.1) is 18.5 Å². The van der Waals surface area contributed by atoms with Crippen LogP contribution in [-0.2, 0) is 10.3 Å². The van der Waals surface area contributed by atoms with Crippen LogP contribution in [0.2, 0.25) is 0 Å². The first-order chi connectivity index (χ1) is 21.6. The topological polar surface area (TPSA) is 0 Å². The van der Waals surface area contributed by atoms with E-state index in [1.54, 1.807) is 0 Å². The maximum Gasteiger partial charge on any atom is 0.0384 e. The van der Waals surface area contributed by atoms with Crippen LogP contribution in [0.3, 0.4) is 0 Å². The second-order valence-electron chi connectivity index (χ2n) is 12.5. The van der Waals surface area contributed by atoms with Crippen molar-refractivity contribution in [2.45, 2.75) is 22.1 Å². The maximum absolute atomic E-state index is 3.47. The lowest BCUT2D eigenvalue weighted by Crippen LogP contribution is -2.54. The predicted molar refractivity (Wildman–Crippen MR) is 190 cm³/mol. The van der Waals surface area contributed by atoms with Crippen LogP contribution in [0.5, 0.6) is 0 Å². The molecule has 9 rings (SSSR count).